The van der Waals surface area contributed by atoms with Crippen molar-refractivity contribution in [3.63, 3.8) is 0 Å². The first-order valence-corrected chi connectivity index (χ1v) is 8.29. The summed E-state index contributed by atoms with van der Waals surface area (Å²) in [6, 6.07) is 0. The zero-order valence-corrected chi connectivity index (χ0v) is 14.7. The van der Waals surface area contributed by atoms with Gasteiger partial charge in [0.25, 0.3) is 0 Å². The minimum absolute atomic E-state index is 0.761. The van der Waals surface area contributed by atoms with Gasteiger partial charge in [-0.25, -0.2) is 0 Å². The van der Waals surface area contributed by atoms with Gasteiger partial charge in [-0.3, -0.25) is 4.99 Å². The smallest absolute Gasteiger partial charge is 0.191 e. The third-order valence-electron chi connectivity index (χ3n) is 3.23. The van der Waals surface area contributed by atoms with Crippen molar-refractivity contribution >= 4 is 5.96 Å². The largest absolute Gasteiger partial charge is 0.385 e. The lowest BCUT2D eigenvalue weighted by Crippen LogP contribution is -2.41. The van der Waals surface area contributed by atoms with E-state index in [0.717, 1.165) is 64.0 Å². The summed E-state index contributed by atoms with van der Waals surface area (Å²) in [4.78, 5) is 6.93. The Hall–Kier alpha value is -0.810. The van der Waals surface area contributed by atoms with Gasteiger partial charge in [0, 0.05) is 46.4 Å². The highest BCUT2D eigenvalue weighted by Gasteiger charge is 2.00. The molecule has 5 nitrogen and oxygen atoms in total. The second-order valence-corrected chi connectivity index (χ2v) is 5.87. The summed E-state index contributed by atoms with van der Waals surface area (Å²) in [5.74, 6) is 1.70. The van der Waals surface area contributed by atoms with Gasteiger partial charge in [-0.2, -0.15) is 0 Å². The first kappa shape index (κ1) is 20.2. The summed E-state index contributed by atoms with van der Waals surface area (Å²) in [7, 11) is 3.89. The van der Waals surface area contributed by atoms with E-state index in [0.29, 0.717) is 0 Å². The van der Waals surface area contributed by atoms with Crippen LogP contribution in [0.25, 0.3) is 0 Å². The number of methoxy groups -OCH3 is 1. The van der Waals surface area contributed by atoms with E-state index in [4.69, 9.17) is 4.74 Å². The van der Waals surface area contributed by atoms with E-state index < -0.39 is 0 Å². The van der Waals surface area contributed by atoms with Crippen LogP contribution in [0.4, 0.5) is 0 Å². The molecule has 0 spiro atoms. The monoisotopic (exact) mass is 300 g/mol. The Bertz CT molecular complexity index is 257. The van der Waals surface area contributed by atoms with Crippen molar-refractivity contribution in [2.75, 3.05) is 53.5 Å². The van der Waals surface area contributed by atoms with E-state index in [-0.39, 0.29) is 0 Å². The molecule has 0 aromatic heterocycles. The third-order valence-corrected chi connectivity index (χ3v) is 3.23. The van der Waals surface area contributed by atoms with E-state index in [1.165, 1.54) is 6.42 Å². The quantitative estimate of drug-likeness (QED) is 0.328. The molecule has 0 unspecified atom stereocenters. The maximum atomic E-state index is 5.07. The highest BCUT2D eigenvalue weighted by Crippen LogP contribution is 2.02. The van der Waals surface area contributed by atoms with Crippen molar-refractivity contribution < 1.29 is 4.74 Å². The van der Waals surface area contributed by atoms with E-state index in [1.54, 1.807) is 7.11 Å². The van der Waals surface area contributed by atoms with Gasteiger partial charge < -0.3 is 20.3 Å². The molecule has 0 atom stereocenters. The van der Waals surface area contributed by atoms with Crippen molar-refractivity contribution in [1.29, 1.82) is 0 Å². The second kappa shape index (κ2) is 14.1. The number of hydrogen-bond acceptors (Lipinski definition) is 3. The standard InChI is InChI=1S/C16H36N4O/c1-6-17-16(18-10-7-9-15(2)3)19-11-13-20(4)12-8-14-21-5/h15H,6-14H2,1-5H3,(H2,17,18,19). The minimum Gasteiger partial charge on any atom is -0.385 e. The predicted molar refractivity (Wildman–Crippen MR) is 92.0 cm³/mol. The molecule has 0 aliphatic rings. The molecule has 0 aromatic rings. The highest BCUT2D eigenvalue weighted by molar-refractivity contribution is 5.79. The summed E-state index contributed by atoms with van der Waals surface area (Å²) in [5.41, 5.74) is 0. The van der Waals surface area contributed by atoms with Gasteiger partial charge in [0.2, 0.25) is 0 Å². The van der Waals surface area contributed by atoms with Crippen LogP contribution in [0.3, 0.4) is 0 Å². The van der Waals surface area contributed by atoms with Crippen LogP contribution in [0.2, 0.25) is 0 Å². The van der Waals surface area contributed by atoms with Crippen LogP contribution >= 0.6 is 0 Å². The Kier molecular flexibility index (Phi) is 13.6. The Morgan fingerprint density at radius 2 is 1.95 bits per heavy atom. The molecule has 0 aliphatic carbocycles. The van der Waals surface area contributed by atoms with E-state index in [1.807, 2.05) is 0 Å². The average molecular weight is 300 g/mol. The number of nitrogens with zero attached hydrogens (tertiary/aromatic N) is 2. The summed E-state index contributed by atoms with van der Waals surface area (Å²) < 4.78 is 5.07. The van der Waals surface area contributed by atoms with Crippen LogP contribution in [-0.4, -0.2) is 64.3 Å². The fraction of sp³-hybridized carbons (Fsp3) is 0.938. The lowest BCUT2D eigenvalue weighted by Gasteiger charge is -2.18. The Balaban J connectivity index is 3.84. The molecular weight excluding hydrogens is 264 g/mol. The van der Waals surface area contributed by atoms with Crippen molar-refractivity contribution in [3.05, 3.63) is 0 Å². The first-order valence-electron chi connectivity index (χ1n) is 8.29. The molecule has 5 heteroatoms. The number of rotatable bonds is 12. The van der Waals surface area contributed by atoms with Crippen molar-refractivity contribution in [3.8, 4) is 0 Å². The van der Waals surface area contributed by atoms with Crippen LogP contribution in [0.1, 0.15) is 40.0 Å². The predicted octanol–water partition coefficient (Wildman–Crippen LogP) is 1.95. The zero-order valence-electron chi connectivity index (χ0n) is 14.7. The van der Waals surface area contributed by atoms with E-state index in [2.05, 4.69) is 48.3 Å². The fourth-order valence-corrected chi connectivity index (χ4v) is 1.99. The topological polar surface area (TPSA) is 48.9 Å². The molecule has 126 valence electrons. The Morgan fingerprint density at radius 1 is 1.19 bits per heavy atom. The number of likely N-dealkylation sites (N-methyl/N-ethyl adjacent to an activating group) is 1. The molecule has 0 aromatic carbocycles. The van der Waals surface area contributed by atoms with Crippen LogP contribution in [0.15, 0.2) is 4.99 Å². The van der Waals surface area contributed by atoms with E-state index >= 15 is 0 Å². The summed E-state index contributed by atoms with van der Waals surface area (Å²) in [6.45, 7) is 12.2. The van der Waals surface area contributed by atoms with Crippen molar-refractivity contribution in [2.24, 2.45) is 10.9 Å². The number of aliphatic imine (C=N–C) groups is 1. The number of hydrogen-bond donors (Lipinski definition) is 2. The SMILES string of the molecule is CCNC(=NCCCC(C)C)NCCN(C)CCCOC. The third kappa shape index (κ3) is 13.9. The summed E-state index contributed by atoms with van der Waals surface area (Å²) in [5, 5.41) is 6.69. The minimum atomic E-state index is 0.761. The normalized spacial score (nSPS) is 12.2. The molecule has 2 N–H and O–H groups in total. The van der Waals surface area contributed by atoms with Gasteiger partial charge in [0.15, 0.2) is 5.96 Å². The second-order valence-electron chi connectivity index (χ2n) is 5.87. The molecule has 0 amide bonds. The number of ether oxygens (including phenoxy) is 1. The maximum Gasteiger partial charge on any atom is 0.191 e. The van der Waals surface area contributed by atoms with Gasteiger partial charge in [0.1, 0.15) is 0 Å². The van der Waals surface area contributed by atoms with Crippen LogP contribution < -0.4 is 10.6 Å². The average Bonchev–Trinajstić information content (AvgIpc) is 2.43. The molecule has 21 heavy (non-hydrogen) atoms. The molecule has 0 rings (SSSR count). The van der Waals surface area contributed by atoms with Crippen LogP contribution in [0, 0.1) is 5.92 Å². The number of nitrogens with one attached hydrogen (secondary N) is 2. The van der Waals surface area contributed by atoms with Crippen molar-refractivity contribution in [2.45, 2.75) is 40.0 Å². The summed E-state index contributed by atoms with van der Waals surface area (Å²) in [6.07, 6.45) is 3.48. The lowest BCUT2D eigenvalue weighted by atomic mass is 10.1. The van der Waals surface area contributed by atoms with Crippen molar-refractivity contribution in [1.82, 2.24) is 15.5 Å². The lowest BCUT2D eigenvalue weighted by molar-refractivity contribution is 0.180. The maximum absolute atomic E-state index is 5.07. The molecule has 0 heterocycles. The summed E-state index contributed by atoms with van der Waals surface area (Å²) >= 11 is 0. The molecule has 0 bridgehead atoms. The van der Waals surface area contributed by atoms with Gasteiger partial charge >= 0.3 is 0 Å². The van der Waals surface area contributed by atoms with Gasteiger partial charge in [-0.05, 0) is 39.2 Å². The molecule has 0 aliphatic heterocycles. The number of guanidine groups is 1. The Labute approximate surface area is 131 Å². The molecule has 0 radical (unpaired) electrons. The Morgan fingerprint density at radius 3 is 2.57 bits per heavy atom. The zero-order chi connectivity index (χ0) is 15.9. The molecular formula is C16H36N4O. The van der Waals surface area contributed by atoms with E-state index in [9.17, 15) is 0 Å². The molecule has 0 saturated carbocycles. The van der Waals surface area contributed by atoms with Gasteiger partial charge in [-0.15, -0.1) is 0 Å². The van der Waals surface area contributed by atoms with Crippen LogP contribution in [0.5, 0.6) is 0 Å². The fourth-order valence-electron chi connectivity index (χ4n) is 1.99. The highest BCUT2D eigenvalue weighted by atomic mass is 16.5. The first-order chi connectivity index (χ1) is 10.1. The molecule has 0 fully saturated rings. The van der Waals surface area contributed by atoms with Gasteiger partial charge in [-0.1, -0.05) is 13.8 Å². The van der Waals surface area contributed by atoms with Crippen LogP contribution in [-0.2, 0) is 4.74 Å². The van der Waals surface area contributed by atoms with Gasteiger partial charge in [0.05, 0.1) is 0 Å². The molecule has 0 saturated heterocycles.